The van der Waals surface area contributed by atoms with Crippen molar-refractivity contribution in [3.05, 3.63) is 88.6 Å². The van der Waals surface area contributed by atoms with Crippen LogP contribution < -0.4 is 0 Å². The smallest absolute Gasteiger partial charge is 0.182 e. The lowest BCUT2D eigenvalue weighted by molar-refractivity contribution is -0.530. The van der Waals surface area contributed by atoms with E-state index in [9.17, 15) is 15.4 Å². The van der Waals surface area contributed by atoms with Crippen molar-refractivity contribution in [3.63, 3.8) is 0 Å². The van der Waals surface area contributed by atoms with Gasteiger partial charge in [-0.05, 0) is 59.7 Å². The van der Waals surface area contributed by atoms with Gasteiger partial charge in [0.05, 0.1) is 0 Å². The Morgan fingerprint density at radius 1 is 0.710 bits per heavy atom. The molecule has 0 fully saturated rings. The molecule has 0 aliphatic rings. The second kappa shape index (κ2) is 9.98. The van der Waals surface area contributed by atoms with E-state index in [-0.39, 0.29) is 11.5 Å². The van der Waals surface area contributed by atoms with Crippen molar-refractivity contribution < 1.29 is 15.0 Å². The molecule has 0 spiro atoms. The molecule has 3 rings (SSSR count). The number of benzene rings is 3. The Kier molecular flexibility index (Phi) is 7.36. The van der Waals surface area contributed by atoms with Crippen LogP contribution in [0.15, 0.2) is 76.5 Å². The number of phenolic OH excluding ortho intramolecular Hbond substituents is 2. The Balaban J connectivity index is 1.57. The molecule has 31 heavy (non-hydrogen) atoms. The van der Waals surface area contributed by atoms with Gasteiger partial charge in [0, 0.05) is 42.2 Å². The maximum atomic E-state index is 12.0. The van der Waals surface area contributed by atoms with Gasteiger partial charge < -0.3 is 15.4 Å². The molecule has 0 heterocycles. The molecule has 0 radical (unpaired) electrons. The zero-order valence-electron chi connectivity index (χ0n) is 17.6. The summed E-state index contributed by atoms with van der Waals surface area (Å²) in [6.07, 6.45) is 5.39. The summed E-state index contributed by atoms with van der Waals surface area (Å²) < 4.78 is 0.975. The molecule has 0 aliphatic carbocycles. The third-order valence-corrected chi connectivity index (χ3v) is 6.73. The van der Waals surface area contributed by atoms with E-state index >= 15 is 0 Å². The van der Waals surface area contributed by atoms with Crippen molar-refractivity contribution in [2.75, 3.05) is 0 Å². The molecule has 0 atom stereocenters. The standard InChI is InChI=1S/C25H25NO3S2/c1-25(2,3)26(29)17-19-8-12-24(13-9-19)31-30-23-10-6-18(7-11-23)4-5-20-14-21(27)16-22(28)15-20/h4-17,27-28H,1-3H3/b5-4+,26-17?. The zero-order valence-corrected chi connectivity index (χ0v) is 19.3. The van der Waals surface area contributed by atoms with Gasteiger partial charge in [-0.1, -0.05) is 45.9 Å². The summed E-state index contributed by atoms with van der Waals surface area (Å²) in [4.78, 5) is 2.24. The summed E-state index contributed by atoms with van der Waals surface area (Å²) >= 11 is 0. The number of hydrogen-bond acceptors (Lipinski definition) is 5. The SMILES string of the molecule is CC(C)(C)[N+]([O-])=Cc1ccc(SSc2ccc(/C=C/c3cc(O)cc(O)c3)cc2)cc1. The average molecular weight is 452 g/mol. The van der Waals surface area contributed by atoms with Crippen molar-refractivity contribution in [1.82, 2.24) is 0 Å². The highest BCUT2D eigenvalue weighted by Gasteiger charge is 2.17. The van der Waals surface area contributed by atoms with Crippen LogP contribution in [0.3, 0.4) is 0 Å². The molecule has 2 N–H and O–H groups in total. The van der Waals surface area contributed by atoms with E-state index < -0.39 is 5.54 Å². The topological polar surface area (TPSA) is 66.5 Å². The molecule has 160 valence electrons. The second-order valence-electron chi connectivity index (χ2n) is 8.05. The van der Waals surface area contributed by atoms with Crippen LogP contribution >= 0.6 is 21.6 Å². The monoisotopic (exact) mass is 451 g/mol. The predicted octanol–water partition coefficient (Wildman–Crippen LogP) is 6.80. The van der Waals surface area contributed by atoms with Gasteiger partial charge in [-0.25, -0.2) is 4.74 Å². The maximum absolute atomic E-state index is 12.0. The molecule has 0 aliphatic heterocycles. The fourth-order valence-electron chi connectivity index (χ4n) is 2.58. The molecule has 6 heteroatoms. The first-order valence-corrected chi connectivity index (χ1v) is 11.9. The molecule has 0 saturated carbocycles. The van der Waals surface area contributed by atoms with Crippen LogP contribution in [0.25, 0.3) is 12.2 Å². The summed E-state index contributed by atoms with van der Waals surface area (Å²) in [5.74, 6) is 0.0720. The van der Waals surface area contributed by atoms with E-state index in [1.54, 1.807) is 39.9 Å². The molecule has 0 bridgehead atoms. The lowest BCUT2D eigenvalue weighted by atomic mass is 10.1. The van der Waals surface area contributed by atoms with E-state index in [2.05, 4.69) is 12.1 Å². The van der Waals surface area contributed by atoms with E-state index in [0.29, 0.717) is 0 Å². The molecule has 0 saturated heterocycles. The van der Waals surface area contributed by atoms with Gasteiger partial charge >= 0.3 is 0 Å². The molecular weight excluding hydrogens is 426 g/mol. The highest BCUT2D eigenvalue weighted by atomic mass is 33.1. The lowest BCUT2D eigenvalue weighted by Crippen LogP contribution is -2.29. The van der Waals surface area contributed by atoms with Crippen LogP contribution in [-0.2, 0) is 0 Å². The first-order chi connectivity index (χ1) is 14.7. The van der Waals surface area contributed by atoms with Crippen molar-refractivity contribution in [1.29, 1.82) is 0 Å². The maximum Gasteiger partial charge on any atom is 0.182 e. The minimum absolute atomic E-state index is 0.0360. The number of phenols is 2. The average Bonchev–Trinajstić information content (AvgIpc) is 2.71. The van der Waals surface area contributed by atoms with Crippen LogP contribution in [0, 0.1) is 5.21 Å². The fourth-order valence-corrected chi connectivity index (χ4v) is 4.51. The Bertz CT molecular complexity index is 1060. The van der Waals surface area contributed by atoms with Crippen molar-refractivity contribution in [2.24, 2.45) is 0 Å². The Morgan fingerprint density at radius 2 is 1.16 bits per heavy atom. The Hall–Kier alpha value is -2.83. The summed E-state index contributed by atoms with van der Waals surface area (Å²) in [7, 11) is 3.33. The minimum Gasteiger partial charge on any atom is -0.623 e. The van der Waals surface area contributed by atoms with Crippen molar-refractivity contribution in [3.8, 4) is 11.5 Å². The third-order valence-electron chi connectivity index (χ3n) is 4.31. The van der Waals surface area contributed by atoms with Gasteiger partial charge in [-0.15, -0.1) is 0 Å². The first-order valence-electron chi connectivity index (χ1n) is 9.76. The molecule has 0 aromatic heterocycles. The molecule has 4 nitrogen and oxygen atoms in total. The minimum atomic E-state index is -0.449. The fraction of sp³-hybridized carbons (Fsp3) is 0.160. The third kappa shape index (κ3) is 7.12. The van der Waals surface area contributed by atoms with Crippen LogP contribution in [0.4, 0.5) is 0 Å². The van der Waals surface area contributed by atoms with E-state index in [0.717, 1.165) is 31.2 Å². The molecule has 3 aromatic carbocycles. The number of aromatic hydroxyl groups is 2. The Morgan fingerprint density at radius 3 is 1.65 bits per heavy atom. The quantitative estimate of drug-likeness (QED) is 0.108. The van der Waals surface area contributed by atoms with Gasteiger partial charge in [0.15, 0.2) is 11.8 Å². The number of hydroxylamine groups is 1. The first kappa shape index (κ1) is 22.8. The Labute approximate surface area is 190 Å². The number of rotatable bonds is 6. The largest absolute Gasteiger partial charge is 0.623 e. The molecule has 3 aromatic rings. The predicted molar refractivity (Wildman–Crippen MR) is 132 cm³/mol. The van der Waals surface area contributed by atoms with Crippen molar-refractivity contribution >= 4 is 40.0 Å². The second-order valence-corrected chi connectivity index (χ2v) is 10.3. The molecule has 0 unspecified atom stereocenters. The normalized spacial score (nSPS) is 12.4. The molecular formula is C25H25NO3S2. The van der Waals surface area contributed by atoms with Crippen molar-refractivity contribution in [2.45, 2.75) is 36.1 Å². The van der Waals surface area contributed by atoms with E-state index in [4.69, 9.17) is 0 Å². The zero-order chi connectivity index (χ0) is 22.4. The van der Waals surface area contributed by atoms with Gasteiger partial charge in [-0.3, -0.25) is 0 Å². The van der Waals surface area contributed by atoms with Crippen LogP contribution in [-0.4, -0.2) is 26.7 Å². The van der Waals surface area contributed by atoms with Crippen LogP contribution in [0.2, 0.25) is 0 Å². The highest BCUT2D eigenvalue weighted by molar-refractivity contribution is 8.76. The summed E-state index contributed by atoms with van der Waals surface area (Å²) in [5.41, 5.74) is 2.19. The van der Waals surface area contributed by atoms with Gasteiger partial charge in [0.1, 0.15) is 11.5 Å². The van der Waals surface area contributed by atoms with E-state index in [1.165, 1.54) is 6.07 Å². The number of hydrogen-bond donors (Lipinski definition) is 2. The number of nitrogens with zero attached hydrogens (tertiary/aromatic N) is 1. The van der Waals surface area contributed by atoms with E-state index in [1.807, 2.05) is 69.3 Å². The van der Waals surface area contributed by atoms with Gasteiger partial charge in [-0.2, -0.15) is 0 Å². The lowest BCUT2D eigenvalue weighted by Gasteiger charge is -2.18. The molecule has 0 amide bonds. The highest BCUT2D eigenvalue weighted by Crippen LogP contribution is 2.37. The van der Waals surface area contributed by atoms with Gasteiger partial charge in [0.2, 0.25) is 0 Å². The summed E-state index contributed by atoms with van der Waals surface area (Å²) in [5, 5.41) is 31.1. The van der Waals surface area contributed by atoms with Crippen LogP contribution in [0.5, 0.6) is 11.5 Å². The summed E-state index contributed by atoms with van der Waals surface area (Å²) in [6.45, 7) is 5.65. The van der Waals surface area contributed by atoms with Crippen LogP contribution in [0.1, 0.15) is 37.5 Å². The van der Waals surface area contributed by atoms with Gasteiger partial charge in [0.25, 0.3) is 0 Å². The summed E-state index contributed by atoms with van der Waals surface area (Å²) in [6, 6.07) is 20.6.